The zero-order valence-electron chi connectivity index (χ0n) is 17.3. The Hall–Kier alpha value is -3.49. The number of carboxylic acid groups (broad SMARTS) is 1. The molecule has 1 aromatic rings. The van der Waals surface area contributed by atoms with Crippen molar-refractivity contribution in [3.63, 3.8) is 0 Å². The van der Waals surface area contributed by atoms with Crippen molar-refractivity contribution in [1.29, 1.82) is 0 Å². The maximum Gasteiger partial charge on any atom is 0.352 e. The lowest BCUT2D eigenvalue weighted by Gasteiger charge is -2.49. The molecule has 1 aromatic heterocycles. The summed E-state index contributed by atoms with van der Waals surface area (Å²) in [5, 5.41) is 9.86. The largest absolute Gasteiger partial charge is 0.477 e. The molecule has 3 fully saturated rings. The van der Waals surface area contributed by atoms with Gasteiger partial charge in [-0.15, -0.1) is 0 Å². The highest BCUT2D eigenvalue weighted by atomic mass is 16.4. The van der Waals surface area contributed by atoms with Crippen LogP contribution in [-0.4, -0.2) is 63.8 Å². The summed E-state index contributed by atoms with van der Waals surface area (Å²) < 4.78 is 1.86. The predicted octanol–water partition coefficient (Wildman–Crippen LogP) is -0.0257. The van der Waals surface area contributed by atoms with Gasteiger partial charge in [0.25, 0.3) is 11.8 Å². The van der Waals surface area contributed by atoms with Crippen LogP contribution in [0.25, 0.3) is 0 Å². The number of hydrogen-bond donors (Lipinski definition) is 1. The fourth-order valence-electron chi connectivity index (χ4n) is 5.36. The molecule has 0 radical (unpaired) electrons. The SMILES string of the molecule is CC(=O)N1CC2CC(/C=C3\CCN(c4ccc[n+](C)c4)C3=O)=C(C(=O)O)N3C(=O)C1[C@@H]23. The van der Waals surface area contributed by atoms with E-state index in [0.717, 1.165) is 5.69 Å². The Morgan fingerprint density at radius 2 is 2.06 bits per heavy atom. The van der Waals surface area contributed by atoms with E-state index < -0.39 is 12.0 Å². The number of hydrogen-bond acceptors (Lipinski definition) is 4. The number of amides is 3. The number of likely N-dealkylation sites (tertiary alicyclic amines) is 1. The van der Waals surface area contributed by atoms with Crippen LogP contribution < -0.4 is 9.47 Å². The highest BCUT2D eigenvalue weighted by molar-refractivity contribution is 6.09. The van der Waals surface area contributed by atoms with Crippen molar-refractivity contribution in [2.75, 3.05) is 18.0 Å². The molecular weight excluding hydrogens is 400 g/mol. The maximum absolute atomic E-state index is 13.0. The molecule has 5 heterocycles. The molecule has 0 saturated carbocycles. The Morgan fingerprint density at radius 1 is 1.29 bits per heavy atom. The van der Waals surface area contributed by atoms with Crippen molar-refractivity contribution in [2.24, 2.45) is 13.0 Å². The molecule has 4 aliphatic rings. The first kappa shape index (κ1) is 19.5. The van der Waals surface area contributed by atoms with Gasteiger partial charge in [0.15, 0.2) is 12.4 Å². The number of nitrogens with zero attached hydrogens (tertiary/aromatic N) is 4. The van der Waals surface area contributed by atoms with Crippen LogP contribution in [0.4, 0.5) is 5.69 Å². The Balaban J connectivity index is 1.48. The average molecular weight is 423 g/mol. The third kappa shape index (κ3) is 2.79. The molecule has 4 aliphatic heterocycles. The minimum absolute atomic E-state index is 0.0256. The van der Waals surface area contributed by atoms with E-state index in [1.165, 1.54) is 11.8 Å². The molecule has 0 aliphatic carbocycles. The molecule has 9 heteroatoms. The molecule has 160 valence electrons. The van der Waals surface area contributed by atoms with Crippen molar-refractivity contribution in [3.8, 4) is 0 Å². The van der Waals surface area contributed by atoms with Gasteiger partial charge in [-0.2, -0.15) is 0 Å². The maximum atomic E-state index is 13.0. The van der Waals surface area contributed by atoms with Gasteiger partial charge in [-0.3, -0.25) is 19.3 Å². The second-order valence-electron chi connectivity index (χ2n) is 8.56. The number of β-lactam (4-membered cyclic amide) rings is 1. The van der Waals surface area contributed by atoms with E-state index in [1.54, 1.807) is 15.9 Å². The third-order valence-corrected chi connectivity index (χ3v) is 6.71. The highest BCUT2D eigenvalue weighted by Crippen LogP contribution is 2.47. The number of allylic oxidation sites excluding steroid dienone is 2. The number of rotatable bonds is 3. The average Bonchev–Trinajstić information content (AvgIpc) is 3.26. The Labute approximate surface area is 178 Å². The van der Waals surface area contributed by atoms with Gasteiger partial charge in [0.1, 0.15) is 24.5 Å². The number of carbonyl (C=O) groups is 4. The summed E-state index contributed by atoms with van der Waals surface area (Å²) in [6.45, 7) is 2.36. The van der Waals surface area contributed by atoms with E-state index in [2.05, 4.69) is 0 Å². The standard InChI is InChI=1S/C22H22N4O5/c1-12(27)25-10-15-9-14(18(22(30)31)26-17(15)19(25)21(26)29)8-13-5-7-24(20(13)28)16-4-3-6-23(2)11-16/h3-4,6,8,11,15,17,19H,5,7,9-10H2,1-2H3/p+1/b13-8+/t15?,17-,19?/m1/s1. The van der Waals surface area contributed by atoms with E-state index in [1.807, 2.05) is 36.1 Å². The van der Waals surface area contributed by atoms with Crippen LogP contribution >= 0.6 is 0 Å². The predicted molar refractivity (Wildman–Crippen MR) is 107 cm³/mol. The highest BCUT2D eigenvalue weighted by Gasteiger charge is 2.63. The first-order valence-electron chi connectivity index (χ1n) is 10.3. The fraction of sp³-hybridized carbons (Fsp3) is 0.409. The quantitative estimate of drug-likeness (QED) is 0.418. The Morgan fingerprint density at radius 3 is 2.74 bits per heavy atom. The van der Waals surface area contributed by atoms with Crippen LogP contribution in [0.2, 0.25) is 0 Å². The molecule has 3 atom stereocenters. The van der Waals surface area contributed by atoms with E-state index in [9.17, 15) is 24.3 Å². The zero-order chi connectivity index (χ0) is 22.0. The zero-order valence-corrected chi connectivity index (χ0v) is 17.3. The number of aryl methyl sites for hydroxylation is 1. The minimum Gasteiger partial charge on any atom is -0.477 e. The summed E-state index contributed by atoms with van der Waals surface area (Å²) in [5.41, 5.74) is 1.74. The lowest BCUT2D eigenvalue weighted by Crippen LogP contribution is -2.69. The molecule has 1 N–H and O–H groups in total. The van der Waals surface area contributed by atoms with Crippen LogP contribution in [0.3, 0.4) is 0 Å². The van der Waals surface area contributed by atoms with Gasteiger partial charge in [-0.1, -0.05) is 0 Å². The van der Waals surface area contributed by atoms with Crippen LogP contribution in [0.15, 0.2) is 47.4 Å². The van der Waals surface area contributed by atoms with Gasteiger partial charge in [0.2, 0.25) is 5.91 Å². The van der Waals surface area contributed by atoms with Gasteiger partial charge in [0, 0.05) is 37.6 Å². The second-order valence-corrected chi connectivity index (χ2v) is 8.56. The molecule has 0 aromatic carbocycles. The monoisotopic (exact) mass is 423 g/mol. The summed E-state index contributed by atoms with van der Waals surface area (Å²) in [6.07, 6.45) is 6.32. The summed E-state index contributed by atoms with van der Waals surface area (Å²) in [7, 11) is 1.88. The van der Waals surface area contributed by atoms with Crippen LogP contribution in [0.5, 0.6) is 0 Å². The van der Waals surface area contributed by atoms with E-state index in [0.29, 0.717) is 37.1 Å². The first-order valence-corrected chi connectivity index (χ1v) is 10.3. The van der Waals surface area contributed by atoms with Crippen LogP contribution in [0, 0.1) is 5.92 Å². The lowest BCUT2D eigenvalue weighted by molar-refractivity contribution is -0.670. The topological polar surface area (TPSA) is 102 Å². The van der Waals surface area contributed by atoms with Gasteiger partial charge >= 0.3 is 5.97 Å². The van der Waals surface area contributed by atoms with Crippen molar-refractivity contribution in [2.45, 2.75) is 31.8 Å². The molecule has 3 saturated heterocycles. The molecule has 31 heavy (non-hydrogen) atoms. The van der Waals surface area contributed by atoms with Gasteiger partial charge < -0.3 is 14.9 Å². The van der Waals surface area contributed by atoms with Gasteiger partial charge in [-0.25, -0.2) is 9.36 Å². The Bertz CT molecular complexity index is 1110. The summed E-state index contributed by atoms with van der Waals surface area (Å²) in [6, 6.07) is 2.88. The lowest BCUT2D eigenvalue weighted by atomic mass is 9.79. The first-order chi connectivity index (χ1) is 14.8. The van der Waals surface area contributed by atoms with Crippen molar-refractivity contribution >= 4 is 29.4 Å². The number of carboxylic acids is 1. The summed E-state index contributed by atoms with van der Waals surface area (Å²) in [4.78, 5) is 54.3. The fourth-order valence-corrected chi connectivity index (χ4v) is 5.36. The summed E-state index contributed by atoms with van der Waals surface area (Å²) in [5.74, 6) is -1.90. The smallest absolute Gasteiger partial charge is 0.352 e. The number of carbonyl (C=O) groups excluding carboxylic acids is 3. The van der Waals surface area contributed by atoms with Crippen molar-refractivity contribution in [3.05, 3.63) is 47.4 Å². The van der Waals surface area contributed by atoms with Gasteiger partial charge in [0.05, 0.1) is 6.04 Å². The summed E-state index contributed by atoms with van der Waals surface area (Å²) >= 11 is 0. The van der Waals surface area contributed by atoms with Crippen LogP contribution in [-0.2, 0) is 26.2 Å². The molecular formula is C22H23N4O5+. The molecule has 5 rings (SSSR count). The third-order valence-electron chi connectivity index (χ3n) is 6.71. The molecule has 3 amide bonds. The van der Waals surface area contributed by atoms with E-state index in [4.69, 9.17) is 0 Å². The second kappa shape index (κ2) is 6.76. The molecule has 0 spiro atoms. The van der Waals surface area contributed by atoms with Crippen molar-refractivity contribution < 1.29 is 28.9 Å². The minimum atomic E-state index is -1.18. The normalized spacial score (nSPS) is 28.4. The Kier molecular flexibility index (Phi) is 4.25. The molecule has 2 unspecified atom stereocenters. The number of aliphatic carboxylic acids is 1. The van der Waals surface area contributed by atoms with E-state index in [-0.39, 0.29) is 35.4 Å². The molecule has 0 bridgehead atoms. The number of anilines is 1. The molecule has 9 nitrogen and oxygen atoms in total. The number of pyridine rings is 1. The number of aromatic nitrogens is 1. The van der Waals surface area contributed by atoms with Crippen LogP contribution in [0.1, 0.15) is 19.8 Å². The van der Waals surface area contributed by atoms with Crippen molar-refractivity contribution in [1.82, 2.24) is 9.80 Å². The van der Waals surface area contributed by atoms with Gasteiger partial charge in [-0.05, 0) is 30.6 Å². The van der Waals surface area contributed by atoms with E-state index >= 15 is 0 Å².